The van der Waals surface area contributed by atoms with Gasteiger partial charge in [-0.15, -0.1) is 0 Å². The molecule has 2 N–H and O–H groups in total. The summed E-state index contributed by atoms with van der Waals surface area (Å²) in [5, 5.41) is 4.10. The molecule has 0 saturated heterocycles. The highest BCUT2D eigenvalue weighted by atomic mass is 16.5. The molecule has 5 nitrogen and oxygen atoms in total. The fourth-order valence-corrected chi connectivity index (χ4v) is 2.60. The topological polar surface area (TPSA) is 74.2 Å². The minimum absolute atomic E-state index is 0.216. The highest BCUT2D eigenvalue weighted by molar-refractivity contribution is 4.99. The average molecular weight is 253 g/mol. The van der Waals surface area contributed by atoms with Gasteiger partial charge in [-0.3, -0.25) is 0 Å². The van der Waals surface area contributed by atoms with Gasteiger partial charge in [0, 0.05) is 19.6 Å². The molecule has 5 heteroatoms. The first kappa shape index (κ1) is 13.5. The Kier molecular flexibility index (Phi) is 4.72. The molecule has 0 radical (unpaired) electrons. The Labute approximate surface area is 108 Å². The lowest BCUT2D eigenvalue weighted by Crippen LogP contribution is -2.15. The molecule has 0 aromatic carbocycles. The Bertz CT molecular complexity index is 367. The summed E-state index contributed by atoms with van der Waals surface area (Å²) < 4.78 is 10.3. The molecule has 3 unspecified atom stereocenters. The molecule has 1 aliphatic carbocycles. The molecule has 1 saturated carbocycles. The third kappa shape index (κ3) is 3.29. The van der Waals surface area contributed by atoms with E-state index in [1.54, 1.807) is 7.11 Å². The van der Waals surface area contributed by atoms with E-state index in [1.165, 1.54) is 12.8 Å². The Morgan fingerprint density at radius 2 is 2.33 bits per heavy atom. The van der Waals surface area contributed by atoms with Crippen molar-refractivity contribution >= 4 is 0 Å². The Morgan fingerprint density at radius 1 is 1.50 bits per heavy atom. The van der Waals surface area contributed by atoms with Crippen LogP contribution in [0.5, 0.6) is 0 Å². The largest absolute Gasteiger partial charge is 0.385 e. The van der Waals surface area contributed by atoms with Crippen LogP contribution in [-0.4, -0.2) is 23.9 Å². The number of aromatic nitrogens is 2. The molecule has 1 heterocycles. The molecule has 18 heavy (non-hydrogen) atoms. The fraction of sp³-hybridized carbons (Fsp3) is 0.846. The predicted octanol–water partition coefficient (Wildman–Crippen LogP) is 2.40. The van der Waals surface area contributed by atoms with E-state index in [4.69, 9.17) is 15.0 Å². The van der Waals surface area contributed by atoms with Crippen LogP contribution in [0.15, 0.2) is 4.52 Å². The molecule has 1 aromatic heterocycles. The van der Waals surface area contributed by atoms with Crippen molar-refractivity contribution in [2.24, 2.45) is 11.7 Å². The number of rotatable bonds is 5. The van der Waals surface area contributed by atoms with Crippen molar-refractivity contribution in [1.82, 2.24) is 10.1 Å². The minimum Gasteiger partial charge on any atom is -0.385 e. The highest BCUT2D eigenvalue weighted by Gasteiger charge is 2.25. The first-order valence-corrected chi connectivity index (χ1v) is 6.78. The number of hydrogen-bond donors (Lipinski definition) is 1. The van der Waals surface area contributed by atoms with Crippen molar-refractivity contribution in [2.75, 3.05) is 13.7 Å². The van der Waals surface area contributed by atoms with Gasteiger partial charge >= 0.3 is 0 Å². The van der Waals surface area contributed by atoms with Gasteiger partial charge in [0.1, 0.15) is 0 Å². The van der Waals surface area contributed by atoms with Gasteiger partial charge in [-0.1, -0.05) is 24.9 Å². The van der Waals surface area contributed by atoms with Crippen molar-refractivity contribution in [2.45, 2.75) is 51.0 Å². The van der Waals surface area contributed by atoms with E-state index in [9.17, 15) is 0 Å². The quantitative estimate of drug-likeness (QED) is 0.872. The zero-order valence-corrected chi connectivity index (χ0v) is 11.3. The van der Waals surface area contributed by atoms with E-state index in [1.807, 2.05) is 0 Å². The lowest BCUT2D eigenvalue weighted by Gasteiger charge is -2.23. The second-order valence-electron chi connectivity index (χ2n) is 5.35. The molecule has 0 spiro atoms. The molecule has 1 fully saturated rings. The van der Waals surface area contributed by atoms with E-state index >= 15 is 0 Å². The smallest absolute Gasteiger partial charge is 0.243 e. The number of nitrogens with zero attached hydrogens (tertiary/aromatic N) is 2. The van der Waals surface area contributed by atoms with Crippen molar-refractivity contribution < 1.29 is 9.26 Å². The third-order valence-electron chi connectivity index (χ3n) is 3.71. The number of methoxy groups -OCH3 is 1. The Balaban J connectivity index is 1.96. The molecular weight excluding hydrogens is 230 g/mol. The van der Waals surface area contributed by atoms with Crippen LogP contribution in [0, 0.1) is 5.92 Å². The minimum atomic E-state index is -0.216. The van der Waals surface area contributed by atoms with Crippen LogP contribution in [-0.2, 0) is 4.74 Å². The summed E-state index contributed by atoms with van der Waals surface area (Å²) in [6.45, 7) is 2.90. The number of ether oxygens (including phenoxy) is 1. The van der Waals surface area contributed by atoms with Gasteiger partial charge in [0.2, 0.25) is 5.89 Å². The van der Waals surface area contributed by atoms with Crippen molar-refractivity contribution in [3.63, 3.8) is 0 Å². The van der Waals surface area contributed by atoms with Gasteiger partial charge in [0.05, 0.1) is 6.04 Å². The molecule has 102 valence electrons. The average Bonchev–Trinajstić information content (AvgIpc) is 2.85. The summed E-state index contributed by atoms with van der Waals surface area (Å²) in [7, 11) is 1.66. The van der Waals surface area contributed by atoms with Crippen molar-refractivity contribution in [3.05, 3.63) is 11.7 Å². The maximum atomic E-state index is 5.97. The van der Waals surface area contributed by atoms with Crippen LogP contribution in [0.3, 0.4) is 0 Å². The van der Waals surface area contributed by atoms with Crippen molar-refractivity contribution in [3.8, 4) is 0 Å². The predicted molar refractivity (Wildman–Crippen MR) is 68.1 cm³/mol. The molecule has 2 rings (SSSR count). The zero-order valence-electron chi connectivity index (χ0n) is 11.3. The number of hydrogen-bond acceptors (Lipinski definition) is 5. The van der Waals surface area contributed by atoms with Crippen LogP contribution in [0.2, 0.25) is 0 Å². The number of nitrogens with two attached hydrogens (primary N) is 1. The van der Waals surface area contributed by atoms with E-state index in [0.717, 1.165) is 24.6 Å². The molecule has 0 bridgehead atoms. The van der Waals surface area contributed by atoms with Crippen LogP contribution >= 0.6 is 0 Å². The van der Waals surface area contributed by atoms with Crippen molar-refractivity contribution in [1.29, 1.82) is 0 Å². The van der Waals surface area contributed by atoms with Gasteiger partial charge in [-0.25, -0.2) is 0 Å². The highest BCUT2D eigenvalue weighted by Crippen LogP contribution is 2.34. The summed E-state index contributed by atoms with van der Waals surface area (Å²) in [4.78, 5) is 4.46. The third-order valence-corrected chi connectivity index (χ3v) is 3.71. The monoisotopic (exact) mass is 253 g/mol. The lowest BCUT2D eigenvalue weighted by molar-refractivity contribution is 0.182. The van der Waals surface area contributed by atoms with Gasteiger partial charge in [-0.05, 0) is 25.2 Å². The second-order valence-corrected chi connectivity index (χ2v) is 5.35. The maximum absolute atomic E-state index is 5.97. The first-order chi connectivity index (χ1) is 8.70. The molecule has 1 aromatic rings. The van der Waals surface area contributed by atoms with Gasteiger partial charge in [0.15, 0.2) is 5.82 Å². The Morgan fingerprint density at radius 3 is 3.06 bits per heavy atom. The summed E-state index contributed by atoms with van der Waals surface area (Å²) in [5.41, 5.74) is 5.97. The SMILES string of the molecule is COCCC(N)c1nc(C2CCCC(C)C2)no1. The van der Waals surface area contributed by atoms with E-state index in [-0.39, 0.29) is 6.04 Å². The van der Waals surface area contributed by atoms with Crippen LogP contribution in [0.25, 0.3) is 0 Å². The summed E-state index contributed by atoms with van der Waals surface area (Å²) in [6, 6.07) is -0.216. The van der Waals surface area contributed by atoms with E-state index in [0.29, 0.717) is 24.8 Å². The molecule has 3 atom stereocenters. The summed E-state index contributed by atoms with van der Waals surface area (Å²) >= 11 is 0. The molecular formula is C13H23N3O2. The van der Waals surface area contributed by atoms with Gasteiger partial charge in [0.25, 0.3) is 0 Å². The first-order valence-electron chi connectivity index (χ1n) is 6.78. The summed E-state index contributed by atoms with van der Waals surface area (Å²) in [6.07, 6.45) is 5.60. The molecule has 0 amide bonds. The van der Waals surface area contributed by atoms with E-state index in [2.05, 4.69) is 17.1 Å². The van der Waals surface area contributed by atoms with Gasteiger partial charge in [-0.2, -0.15) is 4.98 Å². The molecule has 1 aliphatic rings. The fourth-order valence-electron chi connectivity index (χ4n) is 2.60. The van der Waals surface area contributed by atoms with Crippen LogP contribution in [0.4, 0.5) is 0 Å². The lowest BCUT2D eigenvalue weighted by atomic mass is 9.82. The van der Waals surface area contributed by atoms with Crippen LogP contribution < -0.4 is 5.73 Å². The standard InChI is InChI=1S/C13H23N3O2/c1-9-4-3-5-10(8-9)12-15-13(18-16-12)11(14)6-7-17-2/h9-11H,3-8,14H2,1-2H3. The van der Waals surface area contributed by atoms with Gasteiger partial charge < -0.3 is 15.0 Å². The summed E-state index contributed by atoms with van der Waals surface area (Å²) in [5.74, 6) is 2.58. The maximum Gasteiger partial charge on any atom is 0.243 e. The Hall–Kier alpha value is -0.940. The second kappa shape index (κ2) is 6.29. The zero-order chi connectivity index (χ0) is 13.0. The van der Waals surface area contributed by atoms with E-state index < -0.39 is 0 Å². The normalized spacial score (nSPS) is 26.2. The molecule has 0 aliphatic heterocycles. The van der Waals surface area contributed by atoms with Crippen LogP contribution in [0.1, 0.15) is 62.7 Å².